The van der Waals surface area contributed by atoms with E-state index in [1.165, 1.54) is 0 Å². The predicted octanol–water partition coefficient (Wildman–Crippen LogP) is 3.96. The molecule has 0 bridgehead atoms. The Kier molecular flexibility index (Phi) is 4.86. The first-order valence-corrected chi connectivity index (χ1v) is 7.18. The number of nitrogens with zero attached hydrogens (tertiary/aromatic N) is 1. The van der Waals surface area contributed by atoms with E-state index < -0.39 is 0 Å². The first-order valence-electron chi connectivity index (χ1n) is 6.80. The number of halogens is 1. The molecule has 0 saturated heterocycles. The van der Waals surface area contributed by atoms with Crippen LogP contribution in [0.1, 0.15) is 21.5 Å². The van der Waals surface area contributed by atoms with Crippen molar-refractivity contribution in [3.05, 3.63) is 64.2 Å². The number of benzene rings is 2. The van der Waals surface area contributed by atoms with Gasteiger partial charge in [-0.25, -0.2) is 0 Å². The number of carbonyl (C=O) groups is 1. The minimum Gasteiger partial charge on any atom is -0.388 e. The molecule has 0 aromatic heterocycles. The molecule has 0 atom stereocenters. The van der Waals surface area contributed by atoms with Crippen LogP contribution >= 0.6 is 11.6 Å². The van der Waals surface area contributed by atoms with Gasteiger partial charge >= 0.3 is 0 Å². The molecule has 2 rings (SSSR count). The van der Waals surface area contributed by atoms with E-state index in [2.05, 4.69) is 5.32 Å². The highest BCUT2D eigenvalue weighted by atomic mass is 35.5. The molecule has 0 aliphatic rings. The average molecular weight is 303 g/mol. The second-order valence-electron chi connectivity index (χ2n) is 5.03. The van der Waals surface area contributed by atoms with Gasteiger partial charge < -0.3 is 10.2 Å². The molecular weight excluding hydrogens is 284 g/mol. The third-order valence-electron chi connectivity index (χ3n) is 3.46. The fourth-order valence-electron chi connectivity index (χ4n) is 2.22. The van der Waals surface area contributed by atoms with Crippen LogP contribution < -0.4 is 5.32 Å². The highest BCUT2D eigenvalue weighted by Gasteiger charge is 2.15. The zero-order valence-corrected chi connectivity index (χ0v) is 13.2. The van der Waals surface area contributed by atoms with Crippen LogP contribution in [0.15, 0.2) is 42.5 Å². The molecule has 0 heterocycles. The smallest absolute Gasteiger partial charge is 0.254 e. The maximum atomic E-state index is 12.5. The molecule has 0 radical (unpaired) electrons. The quantitative estimate of drug-likeness (QED) is 0.927. The van der Waals surface area contributed by atoms with E-state index in [-0.39, 0.29) is 5.91 Å². The van der Waals surface area contributed by atoms with Crippen LogP contribution in [0, 0.1) is 6.92 Å². The van der Waals surface area contributed by atoms with Gasteiger partial charge in [0.05, 0.1) is 0 Å². The molecule has 21 heavy (non-hydrogen) atoms. The summed E-state index contributed by atoms with van der Waals surface area (Å²) in [6.45, 7) is 2.43. The molecular formula is C17H19ClN2O. The Bertz CT molecular complexity index is 655. The Morgan fingerprint density at radius 3 is 2.57 bits per heavy atom. The van der Waals surface area contributed by atoms with Gasteiger partial charge in [-0.2, -0.15) is 0 Å². The fourth-order valence-corrected chi connectivity index (χ4v) is 2.41. The van der Waals surface area contributed by atoms with Crippen LogP contribution in [0.4, 0.5) is 5.69 Å². The minimum absolute atomic E-state index is 0.00456. The summed E-state index contributed by atoms with van der Waals surface area (Å²) in [4.78, 5) is 14.2. The maximum Gasteiger partial charge on any atom is 0.254 e. The fraction of sp³-hybridized carbons (Fsp3) is 0.235. The number of amides is 1. The van der Waals surface area contributed by atoms with Crippen LogP contribution in [0.25, 0.3) is 0 Å². The molecule has 0 saturated carbocycles. The number of carbonyl (C=O) groups excluding carboxylic acids is 1. The van der Waals surface area contributed by atoms with E-state index in [4.69, 9.17) is 11.6 Å². The van der Waals surface area contributed by atoms with Gasteiger partial charge in [0, 0.05) is 36.9 Å². The first kappa shape index (κ1) is 15.4. The monoisotopic (exact) mass is 302 g/mol. The van der Waals surface area contributed by atoms with Crippen molar-refractivity contribution in [1.82, 2.24) is 4.90 Å². The van der Waals surface area contributed by atoms with Crippen LogP contribution in [0.2, 0.25) is 5.02 Å². The summed E-state index contributed by atoms with van der Waals surface area (Å²) in [5.74, 6) is -0.00456. The Morgan fingerprint density at radius 2 is 1.95 bits per heavy atom. The van der Waals surface area contributed by atoms with E-state index in [0.29, 0.717) is 17.1 Å². The molecule has 0 spiro atoms. The van der Waals surface area contributed by atoms with Gasteiger partial charge in [-0.05, 0) is 42.3 Å². The lowest BCUT2D eigenvalue weighted by Crippen LogP contribution is -2.27. The molecule has 4 heteroatoms. The summed E-state index contributed by atoms with van der Waals surface area (Å²) in [5, 5.41) is 3.75. The number of aryl methyl sites for hydroxylation is 1. The molecule has 0 unspecified atom stereocenters. The van der Waals surface area contributed by atoms with Gasteiger partial charge in [-0.1, -0.05) is 29.8 Å². The minimum atomic E-state index is -0.00456. The number of hydrogen-bond donors (Lipinski definition) is 1. The van der Waals surface area contributed by atoms with Crippen molar-refractivity contribution < 1.29 is 4.79 Å². The molecule has 110 valence electrons. The van der Waals surface area contributed by atoms with Gasteiger partial charge in [0.25, 0.3) is 5.91 Å². The van der Waals surface area contributed by atoms with Crippen molar-refractivity contribution in [3.63, 3.8) is 0 Å². The standard InChI is InChI=1S/C17H19ClN2O/c1-12-10-14(19-2)8-9-15(12)17(21)20(3)11-13-6-4-5-7-16(13)18/h4-10,19H,11H2,1-3H3. The first-order chi connectivity index (χ1) is 10.0. The summed E-state index contributed by atoms with van der Waals surface area (Å²) >= 11 is 6.14. The number of rotatable bonds is 4. The summed E-state index contributed by atoms with van der Waals surface area (Å²) < 4.78 is 0. The second kappa shape index (κ2) is 6.64. The molecule has 3 nitrogen and oxygen atoms in total. The summed E-state index contributed by atoms with van der Waals surface area (Å²) in [6.07, 6.45) is 0. The predicted molar refractivity (Wildman–Crippen MR) is 88.0 cm³/mol. The Balaban J connectivity index is 2.18. The van der Waals surface area contributed by atoms with Gasteiger partial charge in [-0.15, -0.1) is 0 Å². The lowest BCUT2D eigenvalue weighted by Gasteiger charge is -2.19. The SMILES string of the molecule is CNc1ccc(C(=O)N(C)Cc2ccccc2Cl)c(C)c1. The third kappa shape index (κ3) is 3.56. The largest absolute Gasteiger partial charge is 0.388 e. The molecule has 0 aliphatic carbocycles. The van der Waals surface area contributed by atoms with E-state index in [9.17, 15) is 4.79 Å². The van der Waals surface area contributed by atoms with Crippen LogP contribution in [-0.2, 0) is 6.54 Å². The van der Waals surface area contributed by atoms with Crippen molar-refractivity contribution in [2.24, 2.45) is 0 Å². The van der Waals surface area contributed by atoms with Crippen molar-refractivity contribution in [3.8, 4) is 0 Å². The number of hydrogen-bond acceptors (Lipinski definition) is 2. The highest BCUT2D eigenvalue weighted by Crippen LogP contribution is 2.20. The topological polar surface area (TPSA) is 32.3 Å². The average Bonchev–Trinajstić information content (AvgIpc) is 2.48. The van der Waals surface area contributed by atoms with Gasteiger partial charge in [-0.3, -0.25) is 4.79 Å². The van der Waals surface area contributed by atoms with E-state index in [1.54, 1.807) is 11.9 Å². The molecule has 0 aliphatic heterocycles. The van der Waals surface area contributed by atoms with Crippen molar-refractivity contribution in [1.29, 1.82) is 0 Å². The number of nitrogens with one attached hydrogen (secondary N) is 1. The molecule has 1 N–H and O–H groups in total. The summed E-state index contributed by atoms with van der Waals surface area (Å²) in [6, 6.07) is 13.3. The van der Waals surface area contributed by atoms with E-state index >= 15 is 0 Å². The van der Waals surface area contributed by atoms with Crippen LogP contribution in [0.3, 0.4) is 0 Å². The Labute approximate surface area is 130 Å². The lowest BCUT2D eigenvalue weighted by molar-refractivity contribution is 0.0784. The van der Waals surface area contributed by atoms with Crippen LogP contribution in [-0.4, -0.2) is 24.9 Å². The van der Waals surface area contributed by atoms with Crippen molar-refractivity contribution in [2.45, 2.75) is 13.5 Å². The lowest BCUT2D eigenvalue weighted by atomic mass is 10.1. The van der Waals surface area contributed by atoms with Crippen molar-refractivity contribution in [2.75, 3.05) is 19.4 Å². The normalized spacial score (nSPS) is 10.3. The Morgan fingerprint density at radius 1 is 1.24 bits per heavy atom. The zero-order valence-electron chi connectivity index (χ0n) is 12.5. The van der Waals surface area contributed by atoms with Gasteiger partial charge in [0.1, 0.15) is 0 Å². The van der Waals surface area contributed by atoms with E-state index in [0.717, 1.165) is 16.8 Å². The number of anilines is 1. The Hall–Kier alpha value is -2.00. The zero-order chi connectivity index (χ0) is 15.4. The van der Waals surface area contributed by atoms with Crippen LogP contribution in [0.5, 0.6) is 0 Å². The van der Waals surface area contributed by atoms with Gasteiger partial charge in [0.2, 0.25) is 0 Å². The van der Waals surface area contributed by atoms with Gasteiger partial charge in [0.15, 0.2) is 0 Å². The molecule has 0 fully saturated rings. The molecule has 2 aromatic rings. The maximum absolute atomic E-state index is 12.5. The van der Waals surface area contributed by atoms with Crippen molar-refractivity contribution >= 4 is 23.2 Å². The molecule has 2 aromatic carbocycles. The summed E-state index contributed by atoms with van der Waals surface area (Å²) in [5.41, 5.74) is 3.61. The highest BCUT2D eigenvalue weighted by molar-refractivity contribution is 6.31. The third-order valence-corrected chi connectivity index (χ3v) is 3.83. The van der Waals surface area contributed by atoms with E-state index in [1.807, 2.05) is 56.4 Å². The second-order valence-corrected chi connectivity index (χ2v) is 5.44. The summed E-state index contributed by atoms with van der Waals surface area (Å²) in [7, 11) is 3.65. The molecule has 1 amide bonds.